The Balaban J connectivity index is 1.86. The van der Waals surface area contributed by atoms with Crippen LogP contribution in [0.3, 0.4) is 0 Å². The lowest BCUT2D eigenvalue weighted by Gasteiger charge is -2.26. The number of esters is 1. The first kappa shape index (κ1) is 23.5. The minimum atomic E-state index is -0.624. The summed E-state index contributed by atoms with van der Waals surface area (Å²) in [5.41, 5.74) is 2.48. The van der Waals surface area contributed by atoms with Gasteiger partial charge >= 0.3 is 12.1 Å². The summed E-state index contributed by atoms with van der Waals surface area (Å²) >= 11 is 3.91. The number of anilines is 1. The standard InChI is InChI=1S/C25H27NO5S/c1-16-7-9-18(10-8-16)26-25(29)31-24(17(2)13-14-30-23(28)15-32)21-11-12-22(27)20-6-4-3-5-19(20)21/h3-12,17,24,27,32H,13-15H2,1-2H3,(H,26,29)/t17-,24+/m1/s1. The van der Waals surface area contributed by atoms with Crippen LogP contribution in [0.5, 0.6) is 5.75 Å². The van der Waals surface area contributed by atoms with Crippen LogP contribution in [0.2, 0.25) is 0 Å². The van der Waals surface area contributed by atoms with Gasteiger partial charge in [0.15, 0.2) is 0 Å². The van der Waals surface area contributed by atoms with Gasteiger partial charge in [-0.15, -0.1) is 0 Å². The number of rotatable bonds is 8. The first-order valence-electron chi connectivity index (χ1n) is 10.4. The highest BCUT2D eigenvalue weighted by atomic mass is 32.1. The topological polar surface area (TPSA) is 84.9 Å². The number of aryl methyl sites for hydroxylation is 1. The van der Waals surface area contributed by atoms with Gasteiger partial charge < -0.3 is 14.6 Å². The Bertz CT molecular complexity index is 1080. The molecule has 2 N–H and O–H groups in total. The van der Waals surface area contributed by atoms with Crippen molar-refractivity contribution in [2.45, 2.75) is 26.4 Å². The predicted octanol–water partition coefficient (Wildman–Crippen LogP) is 5.64. The van der Waals surface area contributed by atoms with Crippen molar-refractivity contribution < 1.29 is 24.2 Å². The largest absolute Gasteiger partial charge is 0.507 e. The number of amides is 1. The number of hydrogen-bond donors (Lipinski definition) is 3. The van der Waals surface area contributed by atoms with Crippen molar-refractivity contribution in [3.8, 4) is 5.75 Å². The molecule has 0 aromatic heterocycles. The number of aromatic hydroxyl groups is 1. The molecule has 0 spiro atoms. The summed E-state index contributed by atoms with van der Waals surface area (Å²) in [4.78, 5) is 24.2. The molecule has 2 atom stereocenters. The molecule has 0 radical (unpaired) electrons. The zero-order valence-corrected chi connectivity index (χ0v) is 19.0. The Morgan fingerprint density at radius 2 is 1.72 bits per heavy atom. The van der Waals surface area contributed by atoms with Gasteiger partial charge in [0, 0.05) is 22.6 Å². The molecule has 0 saturated carbocycles. The molecule has 0 aliphatic carbocycles. The molecule has 1 amide bonds. The van der Waals surface area contributed by atoms with E-state index in [9.17, 15) is 14.7 Å². The fourth-order valence-corrected chi connectivity index (χ4v) is 3.59. The highest BCUT2D eigenvalue weighted by Crippen LogP contribution is 2.37. The van der Waals surface area contributed by atoms with Crippen LogP contribution in [0.4, 0.5) is 10.5 Å². The number of phenolic OH excluding ortho intramolecular Hbond substituents is 1. The second kappa shape index (κ2) is 10.9. The maximum absolute atomic E-state index is 12.7. The molecule has 0 unspecified atom stereocenters. The lowest BCUT2D eigenvalue weighted by molar-refractivity contribution is -0.141. The summed E-state index contributed by atoms with van der Waals surface area (Å²) in [6.45, 7) is 4.09. The molecule has 168 valence electrons. The monoisotopic (exact) mass is 453 g/mol. The van der Waals surface area contributed by atoms with Crippen molar-refractivity contribution in [3.05, 3.63) is 71.8 Å². The third-order valence-electron chi connectivity index (χ3n) is 5.26. The molecule has 0 heterocycles. The molecule has 3 aromatic carbocycles. The van der Waals surface area contributed by atoms with Crippen LogP contribution in [-0.4, -0.2) is 29.5 Å². The first-order valence-corrected chi connectivity index (χ1v) is 11.0. The Hall–Kier alpha value is -3.19. The van der Waals surface area contributed by atoms with E-state index in [1.807, 2.05) is 62.4 Å². The van der Waals surface area contributed by atoms with Crippen LogP contribution in [-0.2, 0) is 14.3 Å². The molecular formula is C25H27NO5S. The number of phenols is 1. The zero-order chi connectivity index (χ0) is 23.1. The number of fused-ring (bicyclic) bond motifs is 1. The van der Waals surface area contributed by atoms with Crippen molar-refractivity contribution in [2.24, 2.45) is 5.92 Å². The minimum absolute atomic E-state index is 0.00979. The number of benzene rings is 3. The van der Waals surface area contributed by atoms with Gasteiger partial charge in [0.1, 0.15) is 11.9 Å². The van der Waals surface area contributed by atoms with E-state index in [1.165, 1.54) is 0 Å². The van der Waals surface area contributed by atoms with E-state index in [-0.39, 0.29) is 24.0 Å². The van der Waals surface area contributed by atoms with Crippen LogP contribution in [0.1, 0.15) is 30.6 Å². The highest BCUT2D eigenvalue weighted by molar-refractivity contribution is 7.81. The van der Waals surface area contributed by atoms with Gasteiger partial charge in [0.25, 0.3) is 0 Å². The maximum atomic E-state index is 12.7. The molecular weight excluding hydrogens is 426 g/mol. The molecule has 7 heteroatoms. The molecule has 6 nitrogen and oxygen atoms in total. The van der Waals surface area contributed by atoms with Gasteiger partial charge in [-0.25, -0.2) is 4.79 Å². The van der Waals surface area contributed by atoms with E-state index in [0.717, 1.165) is 16.5 Å². The minimum Gasteiger partial charge on any atom is -0.507 e. The summed E-state index contributed by atoms with van der Waals surface area (Å²) in [7, 11) is 0. The Kier molecular flexibility index (Phi) is 8.00. The number of nitrogens with one attached hydrogen (secondary N) is 1. The average Bonchev–Trinajstić information content (AvgIpc) is 2.79. The molecule has 3 rings (SSSR count). The van der Waals surface area contributed by atoms with E-state index in [0.29, 0.717) is 17.5 Å². The smallest absolute Gasteiger partial charge is 0.412 e. The van der Waals surface area contributed by atoms with Crippen LogP contribution >= 0.6 is 12.6 Å². The van der Waals surface area contributed by atoms with Gasteiger partial charge in [-0.1, -0.05) is 55.0 Å². The number of hydrogen-bond acceptors (Lipinski definition) is 6. The van der Waals surface area contributed by atoms with Gasteiger partial charge in [0.05, 0.1) is 12.4 Å². The fourth-order valence-electron chi connectivity index (χ4n) is 3.50. The molecule has 0 saturated heterocycles. The van der Waals surface area contributed by atoms with Crippen molar-refractivity contribution in [1.82, 2.24) is 0 Å². The van der Waals surface area contributed by atoms with Gasteiger partial charge in [-0.3, -0.25) is 10.1 Å². The summed E-state index contributed by atoms with van der Waals surface area (Å²) < 4.78 is 11.0. The summed E-state index contributed by atoms with van der Waals surface area (Å²) in [6.07, 6.45) is -0.729. The SMILES string of the molecule is Cc1ccc(NC(=O)O[C@H](c2ccc(O)c3ccccc23)[C@H](C)CCOC(=O)CS)cc1. The van der Waals surface area contributed by atoms with E-state index in [4.69, 9.17) is 9.47 Å². The second-order valence-electron chi connectivity index (χ2n) is 7.68. The molecule has 0 bridgehead atoms. The fraction of sp³-hybridized carbons (Fsp3) is 0.280. The van der Waals surface area contributed by atoms with Crippen LogP contribution in [0.15, 0.2) is 60.7 Å². The Morgan fingerprint density at radius 3 is 2.41 bits per heavy atom. The lowest BCUT2D eigenvalue weighted by Crippen LogP contribution is -2.23. The Morgan fingerprint density at radius 1 is 1.03 bits per heavy atom. The van der Waals surface area contributed by atoms with Crippen molar-refractivity contribution in [3.63, 3.8) is 0 Å². The van der Waals surface area contributed by atoms with E-state index < -0.39 is 18.2 Å². The van der Waals surface area contributed by atoms with Gasteiger partial charge in [0.2, 0.25) is 0 Å². The normalized spacial score (nSPS) is 12.7. The van der Waals surface area contributed by atoms with E-state index in [1.54, 1.807) is 12.1 Å². The quantitative estimate of drug-likeness (QED) is 0.303. The third kappa shape index (κ3) is 5.95. The summed E-state index contributed by atoms with van der Waals surface area (Å²) in [5, 5.41) is 14.5. The molecule has 32 heavy (non-hydrogen) atoms. The van der Waals surface area contributed by atoms with E-state index in [2.05, 4.69) is 17.9 Å². The highest BCUT2D eigenvalue weighted by Gasteiger charge is 2.26. The number of carbonyl (C=O) groups excluding carboxylic acids is 2. The van der Waals surface area contributed by atoms with Crippen molar-refractivity contribution >= 4 is 41.2 Å². The lowest BCUT2D eigenvalue weighted by atomic mass is 9.90. The average molecular weight is 454 g/mol. The molecule has 0 aliphatic rings. The number of thiol groups is 1. The van der Waals surface area contributed by atoms with Crippen LogP contribution in [0, 0.1) is 12.8 Å². The second-order valence-corrected chi connectivity index (χ2v) is 8.00. The summed E-state index contributed by atoms with van der Waals surface area (Å²) in [6, 6.07) is 18.2. The molecule has 0 aliphatic heterocycles. The molecule has 0 fully saturated rings. The first-order chi connectivity index (χ1) is 15.4. The van der Waals surface area contributed by atoms with Crippen LogP contribution in [0.25, 0.3) is 10.8 Å². The predicted molar refractivity (Wildman–Crippen MR) is 128 cm³/mol. The van der Waals surface area contributed by atoms with E-state index >= 15 is 0 Å². The maximum Gasteiger partial charge on any atom is 0.412 e. The summed E-state index contributed by atoms with van der Waals surface area (Å²) in [5.74, 6) is -0.400. The number of ether oxygens (including phenoxy) is 2. The third-order valence-corrected chi connectivity index (χ3v) is 5.51. The molecule has 3 aromatic rings. The zero-order valence-electron chi connectivity index (χ0n) is 18.1. The van der Waals surface area contributed by atoms with Gasteiger partial charge in [-0.05, 0) is 36.9 Å². The van der Waals surface area contributed by atoms with Crippen molar-refractivity contribution in [2.75, 3.05) is 17.7 Å². The van der Waals surface area contributed by atoms with Gasteiger partial charge in [-0.2, -0.15) is 12.6 Å². The Labute approximate surface area is 193 Å². The van der Waals surface area contributed by atoms with Crippen molar-refractivity contribution in [1.29, 1.82) is 0 Å². The van der Waals surface area contributed by atoms with Crippen LogP contribution < -0.4 is 5.32 Å². The number of carbonyl (C=O) groups is 2.